The van der Waals surface area contributed by atoms with Crippen molar-refractivity contribution in [3.8, 4) is 11.5 Å². The second-order valence-electron chi connectivity index (χ2n) is 6.02. The Hall–Kier alpha value is -1.55. The van der Waals surface area contributed by atoms with Crippen LogP contribution in [0, 0.1) is 0 Å². The molecule has 0 radical (unpaired) electrons. The van der Waals surface area contributed by atoms with E-state index in [1.807, 2.05) is 25.1 Å². The smallest absolute Gasteiger partial charge is 0.191 e. The number of para-hydroxylation sites is 1. The second-order valence-corrected chi connectivity index (χ2v) is 6.96. The van der Waals surface area contributed by atoms with Crippen LogP contribution < -0.4 is 20.1 Å². The van der Waals surface area contributed by atoms with Crippen LogP contribution in [0.5, 0.6) is 11.5 Å². The van der Waals surface area contributed by atoms with E-state index in [9.17, 15) is 0 Å². The lowest BCUT2D eigenvalue weighted by molar-refractivity contribution is 0.352. The number of nitrogens with zero attached hydrogens (tertiary/aromatic N) is 2. The zero-order valence-electron chi connectivity index (χ0n) is 16.5. The van der Waals surface area contributed by atoms with Crippen molar-refractivity contribution < 1.29 is 9.47 Å². The quantitative estimate of drug-likeness (QED) is 0.321. The number of ether oxygens (including phenoxy) is 2. The molecule has 0 spiro atoms. The van der Waals surface area contributed by atoms with Crippen LogP contribution in [-0.4, -0.2) is 31.7 Å². The van der Waals surface area contributed by atoms with Crippen LogP contribution in [0.15, 0.2) is 28.6 Å². The third kappa shape index (κ3) is 6.84. The number of guanidine groups is 1. The van der Waals surface area contributed by atoms with E-state index in [0.717, 1.165) is 34.5 Å². The molecule has 0 atom stereocenters. The summed E-state index contributed by atoms with van der Waals surface area (Å²) in [6, 6.07) is 5.81. The molecule has 1 aromatic carbocycles. The van der Waals surface area contributed by atoms with Gasteiger partial charge in [0.25, 0.3) is 0 Å². The highest BCUT2D eigenvalue weighted by atomic mass is 127. The van der Waals surface area contributed by atoms with Gasteiger partial charge in [0.2, 0.25) is 0 Å². The van der Waals surface area contributed by atoms with Crippen molar-refractivity contribution in [3.63, 3.8) is 0 Å². The maximum Gasteiger partial charge on any atom is 0.191 e. The van der Waals surface area contributed by atoms with Crippen molar-refractivity contribution in [1.29, 1.82) is 0 Å². The SMILES string of the molecule is CCNC(=NCc1cccc(OC)c1OC)NCc1nc(C(C)C)cs1.I. The van der Waals surface area contributed by atoms with Gasteiger partial charge in [-0.1, -0.05) is 26.0 Å². The van der Waals surface area contributed by atoms with E-state index in [2.05, 4.69) is 39.8 Å². The molecule has 0 aliphatic rings. The molecule has 2 rings (SSSR count). The predicted molar refractivity (Wildman–Crippen MR) is 123 cm³/mol. The van der Waals surface area contributed by atoms with Crippen LogP contribution in [0.2, 0.25) is 0 Å². The van der Waals surface area contributed by atoms with E-state index in [0.29, 0.717) is 24.8 Å². The highest BCUT2D eigenvalue weighted by Crippen LogP contribution is 2.31. The monoisotopic (exact) mass is 504 g/mol. The number of benzene rings is 1. The zero-order valence-corrected chi connectivity index (χ0v) is 19.7. The summed E-state index contributed by atoms with van der Waals surface area (Å²) < 4.78 is 10.8. The van der Waals surface area contributed by atoms with Crippen molar-refractivity contribution in [1.82, 2.24) is 15.6 Å². The average Bonchev–Trinajstić information content (AvgIpc) is 3.12. The maximum absolute atomic E-state index is 5.47. The van der Waals surface area contributed by atoms with Gasteiger partial charge < -0.3 is 20.1 Å². The van der Waals surface area contributed by atoms with Gasteiger partial charge in [0, 0.05) is 17.5 Å². The fraction of sp³-hybridized carbons (Fsp3) is 0.474. The molecule has 0 saturated heterocycles. The molecule has 2 N–H and O–H groups in total. The Balaban J connectivity index is 0.00000364. The van der Waals surface area contributed by atoms with Gasteiger partial charge in [0.1, 0.15) is 5.01 Å². The minimum Gasteiger partial charge on any atom is -0.493 e. The Bertz CT molecular complexity index is 734. The molecule has 150 valence electrons. The molecule has 8 heteroatoms. The summed E-state index contributed by atoms with van der Waals surface area (Å²) in [4.78, 5) is 9.31. The van der Waals surface area contributed by atoms with Crippen LogP contribution >= 0.6 is 35.3 Å². The van der Waals surface area contributed by atoms with Gasteiger partial charge in [-0.15, -0.1) is 35.3 Å². The summed E-state index contributed by atoms with van der Waals surface area (Å²) in [5.41, 5.74) is 2.11. The van der Waals surface area contributed by atoms with Crippen molar-refractivity contribution in [3.05, 3.63) is 39.8 Å². The van der Waals surface area contributed by atoms with E-state index in [1.165, 1.54) is 0 Å². The van der Waals surface area contributed by atoms with Gasteiger partial charge in [-0.2, -0.15) is 0 Å². The number of rotatable bonds is 8. The van der Waals surface area contributed by atoms with Crippen LogP contribution in [0.3, 0.4) is 0 Å². The molecule has 0 fully saturated rings. The van der Waals surface area contributed by atoms with Gasteiger partial charge in [-0.3, -0.25) is 0 Å². The number of thiazole rings is 1. The number of halogens is 1. The summed E-state index contributed by atoms with van der Waals surface area (Å²) in [7, 11) is 3.28. The van der Waals surface area contributed by atoms with Gasteiger partial charge in [-0.25, -0.2) is 9.98 Å². The summed E-state index contributed by atoms with van der Waals surface area (Å²) in [6.07, 6.45) is 0. The summed E-state index contributed by atoms with van der Waals surface area (Å²) in [6.45, 7) is 8.28. The number of aliphatic imine (C=N–C) groups is 1. The highest BCUT2D eigenvalue weighted by Gasteiger charge is 2.10. The Labute approximate surface area is 182 Å². The Morgan fingerprint density at radius 2 is 2.00 bits per heavy atom. The molecule has 27 heavy (non-hydrogen) atoms. The lowest BCUT2D eigenvalue weighted by Gasteiger charge is -2.13. The first-order valence-corrected chi connectivity index (χ1v) is 9.63. The normalized spacial score (nSPS) is 11.1. The fourth-order valence-corrected chi connectivity index (χ4v) is 3.31. The fourth-order valence-electron chi connectivity index (χ4n) is 2.41. The molecule has 0 aliphatic carbocycles. The van der Waals surface area contributed by atoms with E-state index < -0.39 is 0 Å². The van der Waals surface area contributed by atoms with Gasteiger partial charge in [0.15, 0.2) is 17.5 Å². The first kappa shape index (κ1) is 23.5. The molecular formula is C19H29IN4O2S. The first-order valence-electron chi connectivity index (χ1n) is 8.75. The topological polar surface area (TPSA) is 67.8 Å². The van der Waals surface area contributed by atoms with Gasteiger partial charge in [0.05, 0.1) is 33.0 Å². The number of nitrogens with one attached hydrogen (secondary N) is 2. The average molecular weight is 504 g/mol. The van der Waals surface area contributed by atoms with Crippen LogP contribution in [0.1, 0.15) is 43.0 Å². The molecular weight excluding hydrogens is 475 g/mol. The Kier molecular flexibility index (Phi) is 10.5. The summed E-state index contributed by atoms with van der Waals surface area (Å²) in [5, 5.41) is 9.77. The molecule has 0 bridgehead atoms. The molecule has 0 aliphatic heterocycles. The van der Waals surface area contributed by atoms with E-state index in [4.69, 9.17) is 9.47 Å². The highest BCUT2D eigenvalue weighted by molar-refractivity contribution is 14.0. The molecule has 1 heterocycles. The lowest BCUT2D eigenvalue weighted by Crippen LogP contribution is -2.36. The van der Waals surface area contributed by atoms with E-state index in [-0.39, 0.29) is 24.0 Å². The number of hydrogen-bond acceptors (Lipinski definition) is 5. The summed E-state index contributed by atoms with van der Waals surface area (Å²) >= 11 is 1.67. The molecule has 0 saturated carbocycles. The van der Waals surface area contributed by atoms with Crippen molar-refractivity contribution in [2.24, 2.45) is 4.99 Å². The minimum atomic E-state index is 0. The standard InChI is InChI=1S/C19H28N4O2S.HI/c1-6-20-19(22-11-17-23-15(12-26-17)13(2)3)21-10-14-8-7-9-16(24-4)18(14)25-5;/h7-9,12-13H,6,10-11H2,1-5H3,(H2,20,21,22);1H. The molecule has 1 aromatic heterocycles. The van der Waals surface area contributed by atoms with E-state index in [1.54, 1.807) is 25.6 Å². The predicted octanol–water partition coefficient (Wildman–Crippen LogP) is 4.16. The minimum absolute atomic E-state index is 0. The van der Waals surface area contributed by atoms with Gasteiger partial charge >= 0.3 is 0 Å². The number of aromatic nitrogens is 1. The summed E-state index contributed by atoms with van der Waals surface area (Å²) in [5.74, 6) is 2.62. The van der Waals surface area contributed by atoms with Crippen molar-refractivity contribution in [2.75, 3.05) is 20.8 Å². The molecule has 2 aromatic rings. The van der Waals surface area contributed by atoms with Crippen molar-refractivity contribution >= 4 is 41.3 Å². The number of hydrogen-bond donors (Lipinski definition) is 2. The van der Waals surface area contributed by atoms with E-state index >= 15 is 0 Å². The molecule has 0 amide bonds. The van der Waals surface area contributed by atoms with Crippen LogP contribution in [0.4, 0.5) is 0 Å². The van der Waals surface area contributed by atoms with Crippen LogP contribution in [0.25, 0.3) is 0 Å². The lowest BCUT2D eigenvalue weighted by atomic mass is 10.2. The molecule has 0 unspecified atom stereocenters. The maximum atomic E-state index is 5.47. The second kappa shape index (κ2) is 12.0. The first-order chi connectivity index (χ1) is 12.6. The van der Waals surface area contributed by atoms with Crippen molar-refractivity contribution in [2.45, 2.75) is 39.8 Å². The Morgan fingerprint density at radius 1 is 1.22 bits per heavy atom. The number of methoxy groups -OCH3 is 2. The Morgan fingerprint density at radius 3 is 2.59 bits per heavy atom. The third-order valence-corrected chi connectivity index (χ3v) is 4.67. The largest absolute Gasteiger partial charge is 0.493 e. The van der Waals surface area contributed by atoms with Crippen LogP contribution in [-0.2, 0) is 13.1 Å². The zero-order chi connectivity index (χ0) is 18.9. The third-order valence-electron chi connectivity index (χ3n) is 3.80. The molecule has 6 nitrogen and oxygen atoms in total. The van der Waals surface area contributed by atoms with Gasteiger partial charge in [-0.05, 0) is 18.9 Å².